The van der Waals surface area contributed by atoms with Crippen molar-refractivity contribution in [3.8, 4) is 44.5 Å². The number of anilines is 3. The molecule has 0 fully saturated rings. The van der Waals surface area contributed by atoms with Gasteiger partial charge >= 0.3 is 0 Å². The third-order valence-electron chi connectivity index (χ3n) is 15.8. The summed E-state index contributed by atoms with van der Waals surface area (Å²) >= 11 is 0. The summed E-state index contributed by atoms with van der Waals surface area (Å²) in [5.74, 6) is 0. The lowest BCUT2D eigenvalue weighted by Gasteiger charge is -2.35. The van der Waals surface area contributed by atoms with Crippen LogP contribution >= 0.6 is 0 Å². The Kier molecular flexibility index (Phi) is 7.66. The quantitative estimate of drug-likeness (QED) is 0.167. The highest BCUT2D eigenvalue weighted by atomic mass is 15.1. The topological polar surface area (TPSA) is 3.24 Å². The maximum absolute atomic E-state index is 2.59. The van der Waals surface area contributed by atoms with E-state index in [-0.39, 0.29) is 5.41 Å². The molecule has 0 saturated carbocycles. The predicted molar refractivity (Wildman–Crippen MR) is 272 cm³/mol. The lowest BCUT2D eigenvalue weighted by Crippen LogP contribution is -2.28. The van der Waals surface area contributed by atoms with E-state index in [0.717, 1.165) is 11.4 Å². The minimum atomic E-state index is -0.537. The number of fused-ring (bicyclic) bond motifs is 16. The molecule has 10 aromatic carbocycles. The van der Waals surface area contributed by atoms with Gasteiger partial charge in [-0.15, -0.1) is 0 Å². The first-order chi connectivity index (χ1) is 32.5. The second kappa shape index (κ2) is 13.5. The number of benzene rings is 10. The molecular weight excluding hydrogens is 795 g/mol. The van der Waals surface area contributed by atoms with E-state index >= 15 is 0 Å². The van der Waals surface area contributed by atoms with E-state index in [1.165, 1.54) is 106 Å². The van der Waals surface area contributed by atoms with Crippen molar-refractivity contribution in [2.45, 2.75) is 30.1 Å². The Bertz CT molecular complexity index is 3550. The van der Waals surface area contributed by atoms with Gasteiger partial charge in [-0.1, -0.05) is 220 Å². The average Bonchev–Trinajstić information content (AvgIpc) is 4.04. The first kappa shape index (κ1) is 37.4. The Balaban J connectivity index is 1.08. The summed E-state index contributed by atoms with van der Waals surface area (Å²) in [6, 6.07) is 89.5. The van der Waals surface area contributed by atoms with Crippen LogP contribution in [0.5, 0.6) is 0 Å². The molecule has 4 aliphatic rings. The first-order valence-corrected chi connectivity index (χ1v) is 23.3. The van der Waals surface area contributed by atoms with Gasteiger partial charge in [-0.3, -0.25) is 0 Å². The van der Waals surface area contributed by atoms with Crippen LogP contribution in [0.15, 0.2) is 237 Å². The number of rotatable bonds is 5. The zero-order valence-electron chi connectivity index (χ0n) is 37.0. The molecule has 310 valence electrons. The van der Waals surface area contributed by atoms with Crippen LogP contribution in [-0.2, 0) is 16.2 Å². The molecule has 0 atom stereocenters. The Hall–Kier alpha value is -8.00. The fourth-order valence-electron chi connectivity index (χ4n) is 13.1. The van der Waals surface area contributed by atoms with Gasteiger partial charge in [0.25, 0.3) is 0 Å². The third-order valence-corrected chi connectivity index (χ3v) is 15.8. The zero-order chi connectivity index (χ0) is 43.8. The first-order valence-electron chi connectivity index (χ1n) is 23.3. The summed E-state index contributed by atoms with van der Waals surface area (Å²) in [4.78, 5) is 2.59. The van der Waals surface area contributed by atoms with Crippen LogP contribution in [0.3, 0.4) is 0 Å². The SMILES string of the molecule is CC1(C)c2ccccc2-c2ccc(N(c3ccc4c(c3)C(c3ccccc3)(c3ccccc3)c3ccccc3-4)c3cccc4c3-c3ccccc3C43c4ccccc4-c4ccccc43)cc21. The molecule has 4 aliphatic carbocycles. The van der Waals surface area contributed by atoms with Crippen molar-refractivity contribution in [2.75, 3.05) is 4.90 Å². The van der Waals surface area contributed by atoms with Gasteiger partial charge < -0.3 is 4.90 Å². The fourth-order valence-corrected chi connectivity index (χ4v) is 13.1. The minimum Gasteiger partial charge on any atom is -0.310 e. The maximum atomic E-state index is 2.59. The Labute approximate surface area is 387 Å². The van der Waals surface area contributed by atoms with Crippen molar-refractivity contribution in [3.63, 3.8) is 0 Å². The molecule has 14 rings (SSSR count). The Morgan fingerprint density at radius 3 is 1.20 bits per heavy atom. The van der Waals surface area contributed by atoms with E-state index in [1.807, 2.05) is 0 Å². The zero-order valence-corrected chi connectivity index (χ0v) is 37.0. The Morgan fingerprint density at radius 1 is 0.273 bits per heavy atom. The van der Waals surface area contributed by atoms with Gasteiger partial charge in [0.2, 0.25) is 0 Å². The van der Waals surface area contributed by atoms with Gasteiger partial charge in [0.15, 0.2) is 0 Å². The summed E-state index contributed by atoms with van der Waals surface area (Å²) in [5.41, 5.74) is 25.9. The van der Waals surface area contributed by atoms with Crippen molar-refractivity contribution < 1.29 is 0 Å². The molecule has 0 aliphatic heterocycles. The van der Waals surface area contributed by atoms with Gasteiger partial charge in [-0.05, 0) is 125 Å². The van der Waals surface area contributed by atoms with Crippen LogP contribution in [0.25, 0.3) is 44.5 Å². The van der Waals surface area contributed by atoms with Crippen molar-refractivity contribution in [1.29, 1.82) is 0 Å². The van der Waals surface area contributed by atoms with Crippen LogP contribution in [0.2, 0.25) is 0 Å². The van der Waals surface area contributed by atoms with Gasteiger partial charge in [-0.2, -0.15) is 0 Å². The molecule has 1 spiro atoms. The highest BCUT2D eigenvalue weighted by Crippen LogP contribution is 2.65. The molecule has 10 aromatic rings. The van der Waals surface area contributed by atoms with E-state index in [4.69, 9.17) is 0 Å². The molecule has 66 heavy (non-hydrogen) atoms. The number of nitrogens with zero attached hydrogens (tertiary/aromatic N) is 1. The molecule has 1 heteroatoms. The van der Waals surface area contributed by atoms with E-state index < -0.39 is 10.8 Å². The third kappa shape index (κ3) is 4.64. The second-order valence-corrected chi connectivity index (χ2v) is 19.1. The fraction of sp³-hybridized carbons (Fsp3) is 0.0769. The molecule has 0 heterocycles. The van der Waals surface area contributed by atoms with Crippen molar-refractivity contribution >= 4 is 17.1 Å². The summed E-state index contributed by atoms with van der Waals surface area (Å²) in [6.45, 7) is 4.78. The van der Waals surface area contributed by atoms with Crippen molar-refractivity contribution in [3.05, 3.63) is 292 Å². The van der Waals surface area contributed by atoms with Crippen LogP contribution in [0, 0.1) is 0 Å². The van der Waals surface area contributed by atoms with E-state index in [1.54, 1.807) is 0 Å². The molecule has 0 saturated heterocycles. The largest absolute Gasteiger partial charge is 0.310 e. The number of hydrogen-bond donors (Lipinski definition) is 0. The van der Waals surface area contributed by atoms with Crippen molar-refractivity contribution in [1.82, 2.24) is 0 Å². The summed E-state index contributed by atoms with van der Waals surface area (Å²) in [7, 11) is 0. The lowest BCUT2D eigenvalue weighted by molar-refractivity contribution is 0.660. The second-order valence-electron chi connectivity index (χ2n) is 19.1. The summed E-state index contributed by atoms with van der Waals surface area (Å²) in [5, 5.41) is 0. The van der Waals surface area contributed by atoms with Crippen LogP contribution in [-0.4, -0.2) is 0 Å². The van der Waals surface area contributed by atoms with Gasteiger partial charge in [0.05, 0.1) is 16.5 Å². The molecule has 1 nitrogen and oxygen atoms in total. The molecular formula is C65H45N. The average molecular weight is 840 g/mol. The van der Waals surface area contributed by atoms with E-state index in [9.17, 15) is 0 Å². The molecule has 0 unspecified atom stereocenters. The minimum absolute atomic E-state index is 0.171. The summed E-state index contributed by atoms with van der Waals surface area (Å²) < 4.78 is 0. The van der Waals surface area contributed by atoms with Gasteiger partial charge in [-0.25, -0.2) is 0 Å². The van der Waals surface area contributed by atoms with Crippen LogP contribution < -0.4 is 4.90 Å². The smallest absolute Gasteiger partial charge is 0.0726 e. The monoisotopic (exact) mass is 839 g/mol. The molecule has 0 bridgehead atoms. The van der Waals surface area contributed by atoms with E-state index in [0.29, 0.717) is 0 Å². The highest BCUT2D eigenvalue weighted by molar-refractivity contribution is 6.02. The summed E-state index contributed by atoms with van der Waals surface area (Å²) in [6.07, 6.45) is 0. The van der Waals surface area contributed by atoms with Gasteiger partial charge in [0, 0.05) is 22.4 Å². The normalized spacial score (nSPS) is 15.2. The molecule has 0 N–H and O–H groups in total. The maximum Gasteiger partial charge on any atom is 0.0726 e. The van der Waals surface area contributed by atoms with Crippen LogP contribution in [0.4, 0.5) is 17.1 Å². The highest BCUT2D eigenvalue weighted by Gasteiger charge is 2.53. The standard InChI is InChI=1S/C65H45N/c1-63(2)53-29-14-9-24-46(53)50-38-36-44(40-59(50)63)66(45-37-39-51-49-27-10-15-30-54(49)64(60(51)41-45,42-20-5-3-6-21-42)43-22-7-4-8-23-43)61-35-19-34-58-62(61)52-28-13-18-33-57(52)65(58)55-31-16-11-25-47(55)48-26-12-17-32-56(48)65/h3-41H,1-2H3. The molecule has 0 aromatic heterocycles. The predicted octanol–water partition coefficient (Wildman–Crippen LogP) is 16.2. The lowest BCUT2D eigenvalue weighted by atomic mass is 9.67. The Morgan fingerprint density at radius 2 is 0.652 bits per heavy atom. The van der Waals surface area contributed by atoms with Gasteiger partial charge in [0.1, 0.15) is 0 Å². The number of hydrogen-bond acceptors (Lipinski definition) is 1. The van der Waals surface area contributed by atoms with Crippen LogP contribution in [0.1, 0.15) is 69.5 Å². The van der Waals surface area contributed by atoms with E-state index in [2.05, 4.69) is 255 Å². The van der Waals surface area contributed by atoms with Crippen molar-refractivity contribution in [2.24, 2.45) is 0 Å². The molecule has 0 amide bonds. The molecule has 0 radical (unpaired) electrons.